The van der Waals surface area contributed by atoms with Crippen molar-refractivity contribution in [1.82, 2.24) is 9.97 Å². The molecule has 2 N–H and O–H groups in total. The highest BCUT2D eigenvalue weighted by Crippen LogP contribution is 2.35. The predicted molar refractivity (Wildman–Crippen MR) is 102 cm³/mol. The SMILES string of the molecule is O=C(O)c1ccc2c(c1)Cc1cc3nc4ccccc4nc3cc1N2.O=C=O. The van der Waals surface area contributed by atoms with E-state index in [2.05, 4.69) is 5.32 Å². The fraction of sp³-hybridized carbons (Fsp3) is 0.0476. The van der Waals surface area contributed by atoms with Crippen molar-refractivity contribution in [1.29, 1.82) is 0 Å². The first kappa shape index (κ1) is 17.3. The molecule has 0 fully saturated rings. The molecule has 1 aromatic heterocycles. The number of carboxylic acids is 1. The Morgan fingerprint density at radius 3 is 2.11 bits per heavy atom. The maximum atomic E-state index is 11.2. The number of carboxylic acid groups (broad SMARTS) is 1. The summed E-state index contributed by atoms with van der Waals surface area (Å²) in [4.78, 5) is 36.8. The van der Waals surface area contributed by atoms with Crippen molar-refractivity contribution < 1.29 is 19.5 Å². The molecule has 0 bridgehead atoms. The van der Waals surface area contributed by atoms with Gasteiger partial charge in [-0.1, -0.05) is 12.1 Å². The molecule has 3 aromatic carbocycles. The molecular formula is C21H13N3O4. The van der Waals surface area contributed by atoms with E-state index in [0.717, 1.165) is 44.6 Å². The number of aromatic nitrogens is 2. The molecular weight excluding hydrogens is 358 g/mol. The van der Waals surface area contributed by atoms with Gasteiger partial charge >= 0.3 is 12.1 Å². The number of para-hydroxylation sites is 2. The van der Waals surface area contributed by atoms with Gasteiger partial charge in [0.15, 0.2) is 0 Å². The van der Waals surface area contributed by atoms with Gasteiger partial charge in [0.2, 0.25) is 0 Å². The lowest BCUT2D eigenvalue weighted by atomic mass is 9.95. The average Bonchev–Trinajstić information content (AvgIpc) is 2.69. The molecule has 0 radical (unpaired) electrons. The van der Waals surface area contributed by atoms with E-state index in [1.54, 1.807) is 12.1 Å². The molecule has 1 aliphatic rings. The molecule has 136 valence electrons. The lowest BCUT2D eigenvalue weighted by Gasteiger charge is -2.22. The molecule has 2 heterocycles. The Morgan fingerprint density at radius 2 is 1.46 bits per heavy atom. The molecule has 0 saturated heterocycles. The van der Waals surface area contributed by atoms with Gasteiger partial charge in [0.1, 0.15) is 0 Å². The third kappa shape index (κ3) is 3.06. The number of fused-ring (bicyclic) bond motifs is 4. The summed E-state index contributed by atoms with van der Waals surface area (Å²) in [6, 6.07) is 17.0. The first-order valence-electron chi connectivity index (χ1n) is 8.41. The molecule has 5 rings (SSSR count). The van der Waals surface area contributed by atoms with Gasteiger partial charge in [-0.05, 0) is 53.6 Å². The van der Waals surface area contributed by atoms with Crippen LogP contribution in [0, 0.1) is 0 Å². The Hall–Kier alpha value is -4.09. The number of rotatable bonds is 1. The zero-order valence-corrected chi connectivity index (χ0v) is 14.5. The van der Waals surface area contributed by atoms with Crippen LogP contribution in [0.5, 0.6) is 0 Å². The van der Waals surface area contributed by atoms with Crippen LogP contribution in [-0.2, 0) is 16.0 Å². The minimum Gasteiger partial charge on any atom is -0.478 e. The van der Waals surface area contributed by atoms with Gasteiger partial charge in [0.05, 0.1) is 27.6 Å². The van der Waals surface area contributed by atoms with Gasteiger partial charge in [-0.2, -0.15) is 9.59 Å². The van der Waals surface area contributed by atoms with E-state index >= 15 is 0 Å². The van der Waals surface area contributed by atoms with Gasteiger partial charge in [-0.25, -0.2) is 14.8 Å². The van der Waals surface area contributed by atoms with Crippen LogP contribution in [0.3, 0.4) is 0 Å². The summed E-state index contributed by atoms with van der Waals surface area (Å²) >= 11 is 0. The van der Waals surface area contributed by atoms with Crippen molar-refractivity contribution in [3.05, 3.63) is 71.3 Å². The van der Waals surface area contributed by atoms with Crippen molar-refractivity contribution in [3.63, 3.8) is 0 Å². The smallest absolute Gasteiger partial charge is 0.373 e. The van der Waals surface area contributed by atoms with Crippen molar-refractivity contribution in [2.45, 2.75) is 6.42 Å². The standard InChI is InChI=1S/C20H13N3O2.CO2/c24-20(25)11-5-6-14-12(7-11)8-13-9-18-19(10-17(13)21-14)23-16-4-2-1-3-15(16)22-18;2-1-3/h1-7,9-10,21H,8H2,(H,24,25);. The molecule has 0 saturated carbocycles. The minimum absolute atomic E-state index is 0.250. The van der Waals surface area contributed by atoms with Crippen LogP contribution < -0.4 is 5.32 Å². The summed E-state index contributed by atoms with van der Waals surface area (Å²) in [6.45, 7) is 0. The fourth-order valence-corrected chi connectivity index (χ4v) is 3.32. The molecule has 1 aliphatic heterocycles. The second-order valence-electron chi connectivity index (χ2n) is 6.27. The Morgan fingerprint density at radius 1 is 0.857 bits per heavy atom. The highest BCUT2D eigenvalue weighted by atomic mass is 16.4. The van der Waals surface area contributed by atoms with Crippen LogP contribution in [0.4, 0.5) is 11.4 Å². The fourth-order valence-electron chi connectivity index (χ4n) is 3.32. The summed E-state index contributed by atoms with van der Waals surface area (Å²) in [7, 11) is 0. The zero-order chi connectivity index (χ0) is 19.7. The number of nitrogens with zero attached hydrogens (tertiary/aromatic N) is 2. The number of benzene rings is 3. The third-order valence-corrected chi connectivity index (χ3v) is 4.57. The van der Waals surface area contributed by atoms with E-state index in [0.29, 0.717) is 12.0 Å². The summed E-state index contributed by atoms with van der Waals surface area (Å²) in [5.41, 5.74) is 7.72. The quantitative estimate of drug-likeness (QED) is 0.434. The normalized spacial score (nSPS) is 11.4. The molecule has 0 atom stereocenters. The van der Waals surface area contributed by atoms with Gasteiger partial charge in [0, 0.05) is 17.8 Å². The van der Waals surface area contributed by atoms with Crippen molar-refractivity contribution >= 4 is 45.6 Å². The Balaban J connectivity index is 0.000000604. The topological polar surface area (TPSA) is 109 Å². The van der Waals surface area contributed by atoms with Crippen LogP contribution in [-0.4, -0.2) is 27.2 Å². The van der Waals surface area contributed by atoms with E-state index in [1.165, 1.54) is 0 Å². The van der Waals surface area contributed by atoms with Crippen LogP contribution in [0.25, 0.3) is 22.1 Å². The third-order valence-electron chi connectivity index (χ3n) is 4.57. The van der Waals surface area contributed by atoms with E-state index < -0.39 is 5.97 Å². The van der Waals surface area contributed by atoms with Crippen LogP contribution in [0.15, 0.2) is 54.6 Å². The van der Waals surface area contributed by atoms with Gasteiger partial charge in [-0.15, -0.1) is 0 Å². The molecule has 28 heavy (non-hydrogen) atoms. The second kappa shape index (κ2) is 6.90. The molecule has 7 nitrogen and oxygen atoms in total. The lowest BCUT2D eigenvalue weighted by Crippen LogP contribution is -2.09. The van der Waals surface area contributed by atoms with E-state index in [-0.39, 0.29) is 6.15 Å². The zero-order valence-electron chi connectivity index (χ0n) is 14.5. The Labute approximate surface area is 158 Å². The maximum absolute atomic E-state index is 11.2. The van der Waals surface area contributed by atoms with Gasteiger partial charge < -0.3 is 10.4 Å². The predicted octanol–water partition coefficient (Wildman–Crippen LogP) is 3.55. The highest BCUT2D eigenvalue weighted by molar-refractivity contribution is 5.92. The lowest BCUT2D eigenvalue weighted by molar-refractivity contribution is -0.191. The van der Waals surface area contributed by atoms with Crippen LogP contribution in [0.1, 0.15) is 21.5 Å². The maximum Gasteiger partial charge on any atom is 0.373 e. The van der Waals surface area contributed by atoms with Crippen molar-refractivity contribution in [2.75, 3.05) is 5.32 Å². The van der Waals surface area contributed by atoms with Crippen LogP contribution in [0.2, 0.25) is 0 Å². The Kier molecular flexibility index (Phi) is 4.27. The first-order chi connectivity index (χ1) is 13.6. The largest absolute Gasteiger partial charge is 0.478 e. The van der Waals surface area contributed by atoms with E-state index in [9.17, 15) is 9.90 Å². The first-order valence-corrected chi connectivity index (χ1v) is 8.41. The molecule has 0 amide bonds. The van der Waals surface area contributed by atoms with E-state index in [4.69, 9.17) is 19.6 Å². The number of carbonyl (C=O) groups is 1. The minimum atomic E-state index is -0.913. The van der Waals surface area contributed by atoms with Crippen molar-refractivity contribution in [2.24, 2.45) is 0 Å². The molecule has 0 aliphatic carbocycles. The second-order valence-corrected chi connectivity index (χ2v) is 6.27. The number of hydrogen-bond donors (Lipinski definition) is 2. The number of aromatic carboxylic acids is 1. The Bertz CT molecular complexity index is 1280. The summed E-state index contributed by atoms with van der Waals surface area (Å²) in [6.07, 6.45) is 0.920. The number of carbonyl (C=O) groups excluding carboxylic acids is 2. The molecule has 0 spiro atoms. The van der Waals surface area contributed by atoms with E-state index in [1.807, 2.05) is 42.5 Å². The number of hydrogen-bond acceptors (Lipinski definition) is 6. The van der Waals surface area contributed by atoms with Crippen LogP contribution >= 0.6 is 0 Å². The summed E-state index contributed by atoms with van der Waals surface area (Å²) < 4.78 is 0. The number of anilines is 2. The molecule has 4 aromatic rings. The molecule has 7 heteroatoms. The highest BCUT2D eigenvalue weighted by Gasteiger charge is 2.18. The number of nitrogens with one attached hydrogen (secondary N) is 1. The summed E-state index contributed by atoms with van der Waals surface area (Å²) in [5, 5.41) is 12.6. The average molecular weight is 371 g/mol. The van der Waals surface area contributed by atoms with Crippen molar-refractivity contribution in [3.8, 4) is 0 Å². The molecule has 0 unspecified atom stereocenters. The monoisotopic (exact) mass is 371 g/mol. The summed E-state index contributed by atoms with van der Waals surface area (Å²) in [5.74, 6) is -0.913. The van der Waals surface area contributed by atoms with Gasteiger partial charge in [0.25, 0.3) is 0 Å². The van der Waals surface area contributed by atoms with Gasteiger partial charge in [-0.3, -0.25) is 0 Å².